The van der Waals surface area contributed by atoms with Crippen LogP contribution in [-0.2, 0) is 11.3 Å². The summed E-state index contributed by atoms with van der Waals surface area (Å²) in [6.45, 7) is 1.90. The van der Waals surface area contributed by atoms with Gasteiger partial charge in [0.05, 0.1) is 17.2 Å². The van der Waals surface area contributed by atoms with Crippen molar-refractivity contribution in [3.63, 3.8) is 0 Å². The first kappa shape index (κ1) is 22.9. The van der Waals surface area contributed by atoms with Crippen LogP contribution in [0.4, 0.5) is 11.4 Å². The zero-order valence-corrected chi connectivity index (χ0v) is 18.6. The molecule has 0 spiro atoms. The number of anilines is 1. The van der Waals surface area contributed by atoms with E-state index in [0.29, 0.717) is 11.5 Å². The van der Waals surface area contributed by atoms with Crippen LogP contribution >= 0.6 is 0 Å². The van der Waals surface area contributed by atoms with Crippen LogP contribution in [0, 0.1) is 16.0 Å². The van der Waals surface area contributed by atoms with Crippen molar-refractivity contribution in [1.82, 2.24) is 15.2 Å². The molecule has 3 aromatic rings. The van der Waals surface area contributed by atoms with Crippen molar-refractivity contribution >= 4 is 28.9 Å². The Labute approximate surface area is 195 Å². The van der Waals surface area contributed by atoms with Crippen LogP contribution in [-0.4, -0.2) is 32.2 Å². The monoisotopic (exact) mass is 464 g/mol. The Hall–Kier alpha value is -4.28. The van der Waals surface area contributed by atoms with Gasteiger partial charge in [0, 0.05) is 11.6 Å². The van der Waals surface area contributed by atoms with Crippen LogP contribution < -0.4 is 10.7 Å². The van der Waals surface area contributed by atoms with Gasteiger partial charge in [0.15, 0.2) is 5.76 Å². The molecule has 0 aliphatic heterocycles. The van der Waals surface area contributed by atoms with Gasteiger partial charge in [0.1, 0.15) is 18.2 Å². The summed E-state index contributed by atoms with van der Waals surface area (Å²) in [6.07, 6.45) is 6.52. The van der Waals surface area contributed by atoms with Gasteiger partial charge >= 0.3 is 11.6 Å². The highest BCUT2D eigenvalue weighted by atomic mass is 16.6. The summed E-state index contributed by atoms with van der Waals surface area (Å²) >= 11 is 0. The lowest BCUT2D eigenvalue weighted by atomic mass is 10.1. The number of nitro groups is 1. The molecule has 0 bridgehead atoms. The second-order valence-electron chi connectivity index (χ2n) is 8.11. The largest absolute Gasteiger partial charge is 0.454 e. The van der Waals surface area contributed by atoms with Crippen molar-refractivity contribution in [2.45, 2.75) is 39.2 Å². The van der Waals surface area contributed by atoms with Crippen molar-refractivity contribution in [2.75, 3.05) is 5.32 Å². The maximum absolute atomic E-state index is 12.4. The number of nitrogens with one attached hydrogen (secondary N) is 2. The van der Waals surface area contributed by atoms with E-state index >= 15 is 0 Å². The molecule has 2 amide bonds. The topological polar surface area (TPSA) is 145 Å². The van der Waals surface area contributed by atoms with Gasteiger partial charge in [0.25, 0.3) is 0 Å². The summed E-state index contributed by atoms with van der Waals surface area (Å²) in [4.78, 5) is 34.8. The van der Waals surface area contributed by atoms with E-state index in [2.05, 4.69) is 20.9 Å². The van der Waals surface area contributed by atoms with Crippen molar-refractivity contribution < 1.29 is 18.9 Å². The molecule has 11 nitrogen and oxygen atoms in total. The molecule has 0 unspecified atom stereocenters. The van der Waals surface area contributed by atoms with Gasteiger partial charge in [-0.25, -0.2) is 5.43 Å². The Bertz CT molecular complexity index is 1220. The first-order chi connectivity index (χ1) is 16.4. The molecule has 0 saturated heterocycles. The lowest BCUT2D eigenvalue weighted by Crippen LogP contribution is -2.20. The number of rotatable bonds is 8. The number of aromatic nitrogens is 2. The van der Waals surface area contributed by atoms with E-state index in [1.807, 2.05) is 12.1 Å². The molecule has 1 saturated carbocycles. The van der Waals surface area contributed by atoms with Gasteiger partial charge in [-0.05, 0) is 49.6 Å². The minimum absolute atomic E-state index is 0.0539. The number of hydrogen-bond donors (Lipinski definition) is 2. The molecular weight excluding hydrogens is 440 g/mol. The third kappa shape index (κ3) is 5.55. The van der Waals surface area contributed by atoms with E-state index in [4.69, 9.17) is 4.42 Å². The fourth-order valence-electron chi connectivity index (χ4n) is 3.76. The van der Waals surface area contributed by atoms with Crippen molar-refractivity contribution in [3.05, 3.63) is 76.0 Å². The van der Waals surface area contributed by atoms with Crippen LogP contribution in [0.3, 0.4) is 0 Å². The van der Waals surface area contributed by atoms with Crippen LogP contribution in [0.5, 0.6) is 0 Å². The highest BCUT2D eigenvalue weighted by molar-refractivity contribution is 6.01. The van der Waals surface area contributed by atoms with Crippen LogP contribution in [0.2, 0.25) is 0 Å². The molecule has 1 aliphatic carbocycles. The van der Waals surface area contributed by atoms with Crippen molar-refractivity contribution in [2.24, 2.45) is 11.0 Å². The highest BCUT2D eigenvalue weighted by Gasteiger charge is 2.22. The maximum Gasteiger partial charge on any atom is 0.307 e. The van der Waals surface area contributed by atoms with Crippen LogP contribution in [0.15, 0.2) is 58.3 Å². The molecule has 1 aromatic carbocycles. The second kappa shape index (κ2) is 10.1. The van der Waals surface area contributed by atoms with Gasteiger partial charge in [-0.1, -0.05) is 25.0 Å². The highest BCUT2D eigenvalue weighted by Crippen LogP contribution is 2.26. The lowest BCUT2D eigenvalue weighted by molar-refractivity contribution is -0.385. The molecule has 2 aromatic heterocycles. The normalized spacial score (nSPS) is 14.2. The lowest BCUT2D eigenvalue weighted by Gasteiger charge is -2.10. The SMILES string of the molecule is C/C(=N\NC(=O)c1ccc(Cn2cc([N+](=O)[O-])cn2)o1)c1ccc(NC(=O)C2CCCC2)cc1. The average molecular weight is 464 g/mol. The van der Waals surface area contributed by atoms with E-state index in [1.54, 1.807) is 25.1 Å². The summed E-state index contributed by atoms with van der Waals surface area (Å²) in [5.41, 5.74) is 4.42. The predicted molar refractivity (Wildman–Crippen MR) is 123 cm³/mol. The van der Waals surface area contributed by atoms with E-state index in [1.165, 1.54) is 16.9 Å². The summed E-state index contributed by atoms with van der Waals surface area (Å²) in [7, 11) is 0. The summed E-state index contributed by atoms with van der Waals surface area (Å²) in [5.74, 6) is 0.0969. The minimum atomic E-state index is -0.537. The zero-order chi connectivity index (χ0) is 24.1. The molecule has 0 atom stereocenters. The Kier molecular flexibility index (Phi) is 6.81. The fourth-order valence-corrected chi connectivity index (χ4v) is 3.76. The number of nitrogens with zero attached hydrogens (tertiary/aromatic N) is 4. The Morgan fingerprint density at radius 2 is 1.94 bits per heavy atom. The van der Waals surface area contributed by atoms with Gasteiger partial charge in [-0.3, -0.25) is 24.4 Å². The average Bonchev–Trinajstić information content (AvgIpc) is 3.60. The molecule has 1 aliphatic rings. The van der Waals surface area contributed by atoms with E-state index in [0.717, 1.165) is 43.1 Å². The van der Waals surface area contributed by atoms with E-state index in [-0.39, 0.29) is 29.8 Å². The fraction of sp³-hybridized carbons (Fsp3) is 0.304. The Morgan fingerprint density at radius 1 is 1.21 bits per heavy atom. The third-order valence-electron chi connectivity index (χ3n) is 5.66. The smallest absolute Gasteiger partial charge is 0.307 e. The number of hydrogen-bond acceptors (Lipinski definition) is 7. The Morgan fingerprint density at radius 3 is 2.62 bits per heavy atom. The first-order valence-electron chi connectivity index (χ1n) is 10.9. The Balaban J connectivity index is 1.31. The van der Waals surface area contributed by atoms with E-state index in [9.17, 15) is 19.7 Å². The zero-order valence-electron chi connectivity index (χ0n) is 18.6. The molecule has 2 N–H and O–H groups in total. The van der Waals surface area contributed by atoms with Gasteiger partial charge < -0.3 is 9.73 Å². The molecular formula is C23H24N6O5. The number of carbonyl (C=O) groups is 2. The van der Waals surface area contributed by atoms with Gasteiger partial charge in [-0.15, -0.1) is 0 Å². The molecule has 4 rings (SSSR count). The quantitative estimate of drug-likeness (QED) is 0.295. The number of amides is 2. The summed E-state index contributed by atoms with van der Waals surface area (Å²) in [6, 6.07) is 10.3. The second-order valence-corrected chi connectivity index (χ2v) is 8.11. The molecule has 1 fully saturated rings. The number of hydrazone groups is 1. The van der Waals surface area contributed by atoms with Crippen molar-refractivity contribution in [3.8, 4) is 0 Å². The first-order valence-corrected chi connectivity index (χ1v) is 10.9. The standard InChI is InChI=1S/C23H24N6O5/c1-15(16-6-8-18(9-7-16)25-22(30)17-4-2-3-5-17)26-27-23(31)21-11-10-20(34-21)14-28-13-19(12-24-28)29(32)33/h6-13,17H,2-5,14H2,1H3,(H,25,30)(H,27,31)/b26-15+. The molecule has 0 radical (unpaired) electrons. The van der Waals surface area contributed by atoms with E-state index < -0.39 is 10.8 Å². The maximum atomic E-state index is 12.4. The third-order valence-corrected chi connectivity index (χ3v) is 5.66. The molecule has 2 heterocycles. The minimum Gasteiger partial charge on any atom is -0.454 e. The van der Waals surface area contributed by atoms with Gasteiger partial charge in [-0.2, -0.15) is 10.2 Å². The molecule has 34 heavy (non-hydrogen) atoms. The number of benzene rings is 1. The van der Waals surface area contributed by atoms with Crippen LogP contribution in [0.1, 0.15) is 54.5 Å². The number of furan rings is 1. The van der Waals surface area contributed by atoms with Crippen LogP contribution in [0.25, 0.3) is 0 Å². The molecule has 11 heteroatoms. The van der Waals surface area contributed by atoms with Gasteiger partial charge in [0.2, 0.25) is 5.91 Å². The predicted octanol–water partition coefficient (Wildman–Crippen LogP) is 3.72. The number of carbonyl (C=O) groups excluding carboxylic acids is 2. The molecule has 176 valence electrons. The van der Waals surface area contributed by atoms with Crippen molar-refractivity contribution in [1.29, 1.82) is 0 Å². The summed E-state index contributed by atoms with van der Waals surface area (Å²) < 4.78 is 6.85. The summed E-state index contributed by atoms with van der Waals surface area (Å²) in [5, 5.41) is 21.7.